The van der Waals surface area contributed by atoms with Gasteiger partial charge in [0.1, 0.15) is 5.75 Å². The van der Waals surface area contributed by atoms with E-state index >= 15 is 0 Å². The highest BCUT2D eigenvalue weighted by atomic mass is 32.2. The van der Waals surface area contributed by atoms with Gasteiger partial charge >= 0.3 is 5.97 Å². The fraction of sp³-hybridized carbons (Fsp3) is 0.286. The Hall–Kier alpha value is -3.24. The summed E-state index contributed by atoms with van der Waals surface area (Å²) >= 11 is 0. The normalized spacial score (nSPS) is 17.5. The Labute approximate surface area is 179 Å². The molecule has 0 aromatic heterocycles. The topological polar surface area (TPSA) is 110 Å². The van der Waals surface area contributed by atoms with E-state index in [0.29, 0.717) is 10.8 Å². The smallest absolute Gasteiger partial charge is 0.336 e. The average Bonchev–Trinajstić information content (AvgIpc) is 3.04. The summed E-state index contributed by atoms with van der Waals surface area (Å²) in [5.74, 6) is -2.17. The molecule has 2 aliphatic heterocycles. The van der Waals surface area contributed by atoms with Gasteiger partial charge in [0.25, 0.3) is 11.8 Å². The molecule has 0 bridgehead atoms. The number of carbonyl (C=O) groups is 3. The first kappa shape index (κ1) is 21.0. The Bertz CT molecular complexity index is 1100. The third kappa shape index (κ3) is 3.79. The van der Waals surface area contributed by atoms with E-state index in [2.05, 4.69) is 0 Å². The lowest BCUT2D eigenvalue weighted by Crippen LogP contribution is -2.42. The standard InChI is InChI=1S/C21H20N2O7S/c1-29-15-6-8-16(9-7-15)31(27,28)22-12-10-14(11-13-22)21(26)30-23-19(24)17-4-2-3-5-18(17)20(23)25/h2-9,14H,10-13H2,1H3. The molecular weight excluding hydrogens is 424 g/mol. The number of fused-ring (bicyclic) bond motifs is 1. The van der Waals surface area contributed by atoms with Crippen LogP contribution in [-0.2, 0) is 19.7 Å². The van der Waals surface area contributed by atoms with Crippen LogP contribution in [-0.4, -0.2) is 55.8 Å². The van der Waals surface area contributed by atoms with E-state index in [1.807, 2.05) is 0 Å². The van der Waals surface area contributed by atoms with Crippen LogP contribution < -0.4 is 4.74 Å². The van der Waals surface area contributed by atoms with Crippen molar-refractivity contribution >= 4 is 27.8 Å². The third-order valence-electron chi connectivity index (χ3n) is 5.42. The van der Waals surface area contributed by atoms with Gasteiger partial charge in [-0.05, 0) is 49.2 Å². The first-order chi connectivity index (χ1) is 14.8. The molecule has 2 aromatic rings. The molecule has 162 valence electrons. The van der Waals surface area contributed by atoms with Gasteiger partial charge in [-0.3, -0.25) is 9.59 Å². The molecule has 0 N–H and O–H groups in total. The van der Waals surface area contributed by atoms with Gasteiger partial charge in [0.15, 0.2) is 0 Å². The highest BCUT2D eigenvalue weighted by Gasteiger charge is 2.41. The minimum Gasteiger partial charge on any atom is -0.497 e. The molecule has 31 heavy (non-hydrogen) atoms. The van der Waals surface area contributed by atoms with E-state index < -0.39 is 33.7 Å². The van der Waals surface area contributed by atoms with Crippen LogP contribution in [0.2, 0.25) is 0 Å². The van der Waals surface area contributed by atoms with Crippen molar-refractivity contribution in [2.45, 2.75) is 17.7 Å². The lowest BCUT2D eigenvalue weighted by molar-refractivity contribution is -0.175. The molecule has 4 rings (SSSR count). The van der Waals surface area contributed by atoms with Gasteiger partial charge in [0, 0.05) is 13.1 Å². The third-order valence-corrected chi connectivity index (χ3v) is 7.34. The number of rotatable bonds is 5. The van der Waals surface area contributed by atoms with Crippen molar-refractivity contribution in [3.63, 3.8) is 0 Å². The summed E-state index contributed by atoms with van der Waals surface area (Å²) in [4.78, 5) is 42.5. The second-order valence-electron chi connectivity index (χ2n) is 7.21. The number of hydrogen-bond acceptors (Lipinski definition) is 7. The summed E-state index contributed by atoms with van der Waals surface area (Å²) in [5.41, 5.74) is 0.362. The SMILES string of the molecule is COc1ccc(S(=O)(=O)N2CCC(C(=O)ON3C(=O)c4ccccc4C3=O)CC2)cc1. The lowest BCUT2D eigenvalue weighted by Gasteiger charge is -2.30. The zero-order valence-electron chi connectivity index (χ0n) is 16.7. The van der Waals surface area contributed by atoms with Crippen LogP contribution in [0.4, 0.5) is 0 Å². The van der Waals surface area contributed by atoms with E-state index in [4.69, 9.17) is 9.57 Å². The van der Waals surface area contributed by atoms with Gasteiger partial charge in [-0.15, -0.1) is 0 Å². The number of carbonyl (C=O) groups excluding carboxylic acids is 3. The van der Waals surface area contributed by atoms with Crippen LogP contribution in [0.15, 0.2) is 53.4 Å². The molecule has 0 unspecified atom stereocenters. The van der Waals surface area contributed by atoms with Gasteiger partial charge in [-0.25, -0.2) is 13.2 Å². The Kier molecular flexibility index (Phi) is 5.50. The van der Waals surface area contributed by atoms with Crippen LogP contribution in [0.25, 0.3) is 0 Å². The van der Waals surface area contributed by atoms with Gasteiger partial charge in [-0.2, -0.15) is 4.31 Å². The fourth-order valence-corrected chi connectivity index (χ4v) is 5.11. The van der Waals surface area contributed by atoms with Crippen LogP contribution in [0, 0.1) is 5.92 Å². The van der Waals surface area contributed by atoms with Crippen LogP contribution >= 0.6 is 0 Å². The maximum Gasteiger partial charge on any atom is 0.336 e. The maximum atomic E-state index is 12.8. The Morgan fingerprint density at radius 3 is 2.00 bits per heavy atom. The minimum absolute atomic E-state index is 0.121. The molecule has 9 nitrogen and oxygen atoms in total. The molecule has 0 spiro atoms. The number of methoxy groups -OCH3 is 1. The molecular formula is C21H20N2O7S. The summed E-state index contributed by atoms with van der Waals surface area (Å²) in [5, 5.41) is 0.480. The largest absolute Gasteiger partial charge is 0.497 e. The summed E-state index contributed by atoms with van der Waals surface area (Å²) in [7, 11) is -2.21. The number of hydrogen-bond donors (Lipinski definition) is 0. The first-order valence-corrected chi connectivity index (χ1v) is 11.1. The van der Waals surface area contributed by atoms with Crippen LogP contribution in [0.3, 0.4) is 0 Å². The molecule has 2 amide bonds. The second kappa shape index (κ2) is 8.12. The monoisotopic (exact) mass is 444 g/mol. The summed E-state index contributed by atoms with van der Waals surface area (Å²) in [6, 6.07) is 12.3. The number of imide groups is 1. The average molecular weight is 444 g/mol. The zero-order valence-corrected chi connectivity index (χ0v) is 17.5. The zero-order chi connectivity index (χ0) is 22.2. The Morgan fingerprint density at radius 2 is 1.48 bits per heavy atom. The van der Waals surface area contributed by atoms with Crippen molar-refractivity contribution in [1.29, 1.82) is 0 Å². The van der Waals surface area contributed by atoms with Gasteiger partial charge in [0.05, 0.1) is 29.1 Å². The molecule has 10 heteroatoms. The summed E-state index contributed by atoms with van der Waals surface area (Å²) < 4.78 is 32.0. The van der Waals surface area contributed by atoms with Crippen molar-refractivity contribution in [1.82, 2.24) is 9.37 Å². The molecule has 0 aliphatic carbocycles. The van der Waals surface area contributed by atoms with Gasteiger partial charge < -0.3 is 9.57 Å². The number of nitrogens with zero attached hydrogens (tertiary/aromatic N) is 2. The van der Waals surface area contributed by atoms with E-state index in [1.165, 1.54) is 35.7 Å². The molecule has 0 saturated carbocycles. The highest BCUT2D eigenvalue weighted by molar-refractivity contribution is 7.89. The summed E-state index contributed by atoms with van der Waals surface area (Å²) in [6.45, 7) is 0.243. The minimum atomic E-state index is -3.71. The predicted octanol–water partition coefficient (Wildman–Crippen LogP) is 1.85. The molecule has 2 aliphatic rings. The fourth-order valence-electron chi connectivity index (χ4n) is 3.64. The van der Waals surface area contributed by atoms with Crippen molar-refractivity contribution in [2.75, 3.05) is 20.2 Å². The maximum absolute atomic E-state index is 12.8. The van der Waals surface area contributed by atoms with Crippen LogP contribution in [0.1, 0.15) is 33.6 Å². The first-order valence-electron chi connectivity index (χ1n) is 9.67. The highest BCUT2D eigenvalue weighted by Crippen LogP contribution is 2.28. The lowest BCUT2D eigenvalue weighted by atomic mass is 9.99. The van der Waals surface area contributed by atoms with Gasteiger partial charge in [-0.1, -0.05) is 17.2 Å². The van der Waals surface area contributed by atoms with Crippen molar-refractivity contribution in [3.8, 4) is 5.75 Å². The van der Waals surface area contributed by atoms with Crippen molar-refractivity contribution in [3.05, 3.63) is 59.7 Å². The number of hydroxylamine groups is 2. The molecule has 2 heterocycles. The van der Waals surface area contributed by atoms with Gasteiger partial charge in [0.2, 0.25) is 10.0 Å². The van der Waals surface area contributed by atoms with Crippen LogP contribution in [0.5, 0.6) is 5.75 Å². The molecule has 2 aromatic carbocycles. The van der Waals surface area contributed by atoms with E-state index in [9.17, 15) is 22.8 Å². The van der Waals surface area contributed by atoms with Crippen molar-refractivity contribution in [2.24, 2.45) is 5.92 Å². The quantitative estimate of drug-likeness (QED) is 0.647. The second-order valence-corrected chi connectivity index (χ2v) is 9.15. The number of ether oxygens (including phenoxy) is 1. The number of benzene rings is 2. The Balaban J connectivity index is 1.38. The molecule has 1 fully saturated rings. The summed E-state index contributed by atoms with van der Waals surface area (Å²) in [6.07, 6.45) is 0.439. The molecule has 0 radical (unpaired) electrons. The molecule has 1 saturated heterocycles. The predicted molar refractivity (Wildman–Crippen MR) is 108 cm³/mol. The Morgan fingerprint density at radius 1 is 0.935 bits per heavy atom. The van der Waals surface area contributed by atoms with E-state index in [1.54, 1.807) is 24.3 Å². The van der Waals surface area contributed by atoms with E-state index in [0.717, 1.165) is 0 Å². The van der Waals surface area contributed by atoms with Crippen molar-refractivity contribution < 1.29 is 32.4 Å². The number of piperidine rings is 1. The van der Waals surface area contributed by atoms with E-state index in [-0.39, 0.29) is 42.0 Å². The number of amides is 2. The molecule has 0 atom stereocenters. The number of sulfonamides is 1.